The lowest BCUT2D eigenvalue weighted by Gasteiger charge is -2.12. The lowest BCUT2D eigenvalue weighted by molar-refractivity contribution is -0.122. The molecule has 18 heavy (non-hydrogen) atoms. The maximum absolute atomic E-state index is 11.7. The van der Waals surface area contributed by atoms with Crippen LogP contribution in [0.5, 0.6) is 0 Å². The van der Waals surface area contributed by atoms with Crippen LogP contribution in [0, 0.1) is 0 Å². The Morgan fingerprint density at radius 1 is 1.28 bits per heavy atom. The molecule has 1 aromatic rings. The molecule has 0 aliphatic heterocycles. The third-order valence-electron chi connectivity index (χ3n) is 3.00. The quantitative estimate of drug-likeness (QED) is 0.693. The van der Waals surface area contributed by atoms with Gasteiger partial charge in [0.1, 0.15) is 0 Å². The van der Waals surface area contributed by atoms with E-state index in [4.69, 9.17) is 5.73 Å². The summed E-state index contributed by atoms with van der Waals surface area (Å²) >= 11 is 0. The van der Waals surface area contributed by atoms with E-state index in [1.165, 1.54) is 5.56 Å². The maximum atomic E-state index is 11.7. The predicted molar refractivity (Wildman–Crippen MR) is 75.3 cm³/mol. The number of nitrogens with two attached hydrogens (primary N) is 1. The van der Waals surface area contributed by atoms with Crippen molar-refractivity contribution in [2.75, 3.05) is 6.54 Å². The Bertz CT molecular complexity index is 338. The zero-order valence-corrected chi connectivity index (χ0v) is 11.2. The second-order valence-corrected chi connectivity index (χ2v) is 4.63. The highest BCUT2D eigenvalue weighted by Gasteiger charge is 2.12. The highest BCUT2D eigenvalue weighted by atomic mass is 16.2. The SMILES string of the molecule is CCCCCNC(=O)C(N)CCc1ccccc1. The molecule has 0 aliphatic rings. The van der Waals surface area contributed by atoms with Crippen LogP contribution in [0.2, 0.25) is 0 Å². The molecule has 0 radical (unpaired) electrons. The molecule has 1 atom stereocenters. The molecule has 0 heterocycles. The van der Waals surface area contributed by atoms with Gasteiger partial charge in [-0.25, -0.2) is 0 Å². The van der Waals surface area contributed by atoms with Crippen molar-refractivity contribution in [1.82, 2.24) is 5.32 Å². The summed E-state index contributed by atoms with van der Waals surface area (Å²) in [6.45, 7) is 2.89. The van der Waals surface area contributed by atoms with Gasteiger partial charge in [0.2, 0.25) is 5.91 Å². The Morgan fingerprint density at radius 3 is 2.67 bits per heavy atom. The van der Waals surface area contributed by atoms with Crippen molar-refractivity contribution < 1.29 is 4.79 Å². The fraction of sp³-hybridized carbons (Fsp3) is 0.533. The minimum absolute atomic E-state index is 0.0259. The van der Waals surface area contributed by atoms with E-state index in [1.54, 1.807) is 0 Å². The number of hydrogen-bond acceptors (Lipinski definition) is 2. The monoisotopic (exact) mass is 248 g/mol. The van der Waals surface area contributed by atoms with Gasteiger partial charge in [-0.15, -0.1) is 0 Å². The lowest BCUT2D eigenvalue weighted by Crippen LogP contribution is -2.41. The van der Waals surface area contributed by atoms with Crippen molar-refractivity contribution in [3.63, 3.8) is 0 Å². The Balaban J connectivity index is 2.19. The fourth-order valence-corrected chi connectivity index (χ4v) is 1.82. The Hall–Kier alpha value is -1.35. The van der Waals surface area contributed by atoms with Crippen LogP contribution in [0.15, 0.2) is 30.3 Å². The molecule has 1 rings (SSSR count). The Kier molecular flexibility index (Phi) is 7.11. The molecule has 0 aliphatic carbocycles. The van der Waals surface area contributed by atoms with Gasteiger partial charge in [-0.2, -0.15) is 0 Å². The molecule has 1 amide bonds. The van der Waals surface area contributed by atoms with Crippen LogP contribution in [0.25, 0.3) is 0 Å². The molecule has 0 spiro atoms. The summed E-state index contributed by atoms with van der Waals surface area (Å²) < 4.78 is 0. The number of carbonyl (C=O) groups is 1. The summed E-state index contributed by atoms with van der Waals surface area (Å²) in [7, 11) is 0. The standard InChI is InChI=1S/C15H24N2O/c1-2-3-7-12-17-15(18)14(16)11-10-13-8-5-4-6-9-13/h4-6,8-9,14H,2-3,7,10-12,16H2,1H3,(H,17,18). The molecule has 3 N–H and O–H groups in total. The van der Waals surface area contributed by atoms with E-state index in [0.717, 1.165) is 32.2 Å². The first-order valence-corrected chi connectivity index (χ1v) is 6.81. The molecular formula is C15H24N2O. The van der Waals surface area contributed by atoms with Crippen LogP contribution in [0.4, 0.5) is 0 Å². The van der Waals surface area contributed by atoms with Gasteiger partial charge in [-0.05, 0) is 24.8 Å². The van der Waals surface area contributed by atoms with E-state index in [2.05, 4.69) is 24.4 Å². The minimum Gasteiger partial charge on any atom is -0.355 e. The van der Waals surface area contributed by atoms with Gasteiger partial charge in [0, 0.05) is 6.54 Å². The first-order valence-electron chi connectivity index (χ1n) is 6.81. The fourth-order valence-electron chi connectivity index (χ4n) is 1.82. The van der Waals surface area contributed by atoms with E-state index in [0.29, 0.717) is 6.42 Å². The highest BCUT2D eigenvalue weighted by Crippen LogP contribution is 2.04. The van der Waals surface area contributed by atoms with Gasteiger partial charge in [-0.1, -0.05) is 50.1 Å². The molecule has 3 heteroatoms. The van der Waals surface area contributed by atoms with Crippen molar-refractivity contribution in [3.05, 3.63) is 35.9 Å². The molecule has 3 nitrogen and oxygen atoms in total. The molecule has 0 bridgehead atoms. The number of rotatable bonds is 8. The number of amides is 1. The van der Waals surface area contributed by atoms with Crippen LogP contribution in [-0.2, 0) is 11.2 Å². The second-order valence-electron chi connectivity index (χ2n) is 4.63. The van der Waals surface area contributed by atoms with Crippen LogP contribution in [0.1, 0.15) is 38.2 Å². The first kappa shape index (κ1) is 14.7. The number of unbranched alkanes of at least 4 members (excludes halogenated alkanes) is 2. The van der Waals surface area contributed by atoms with Crippen LogP contribution in [-0.4, -0.2) is 18.5 Å². The highest BCUT2D eigenvalue weighted by molar-refractivity contribution is 5.81. The topological polar surface area (TPSA) is 55.1 Å². The van der Waals surface area contributed by atoms with Crippen molar-refractivity contribution in [1.29, 1.82) is 0 Å². The zero-order chi connectivity index (χ0) is 13.2. The van der Waals surface area contributed by atoms with Crippen LogP contribution in [0.3, 0.4) is 0 Å². The van der Waals surface area contributed by atoms with Gasteiger partial charge in [0.25, 0.3) is 0 Å². The van der Waals surface area contributed by atoms with E-state index in [-0.39, 0.29) is 5.91 Å². The average Bonchev–Trinajstić information content (AvgIpc) is 2.42. The average molecular weight is 248 g/mol. The lowest BCUT2D eigenvalue weighted by atomic mass is 10.1. The summed E-state index contributed by atoms with van der Waals surface area (Å²) in [5.74, 6) is -0.0259. The van der Waals surface area contributed by atoms with Crippen LogP contribution >= 0.6 is 0 Å². The van der Waals surface area contributed by atoms with Gasteiger partial charge in [-0.3, -0.25) is 4.79 Å². The third kappa shape index (κ3) is 5.82. The van der Waals surface area contributed by atoms with Gasteiger partial charge < -0.3 is 11.1 Å². The number of carbonyl (C=O) groups excluding carboxylic acids is 1. The van der Waals surface area contributed by atoms with Crippen molar-refractivity contribution >= 4 is 5.91 Å². The molecular weight excluding hydrogens is 224 g/mol. The molecule has 100 valence electrons. The largest absolute Gasteiger partial charge is 0.355 e. The predicted octanol–water partition coefficient (Wildman–Crippen LogP) is 2.25. The van der Waals surface area contributed by atoms with Gasteiger partial charge in [0.15, 0.2) is 0 Å². The summed E-state index contributed by atoms with van der Waals surface area (Å²) in [5.41, 5.74) is 7.10. The van der Waals surface area contributed by atoms with Crippen molar-refractivity contribution in [2.45, 2.75) is 45.1 Å². The number of benzene rings is 1. The molecule has 0 aromatic heterocycles. The first-order chi connectivity index (χ1) is 8.74. The van der Waals surface area contributed by atoms with Gasteiger partial charge >= 0.3 is 0 Å². The normalized spacial score (nSPS) is 12.1. The summed E-state index contributed by atoms with van der Waals surface area (Å²) in [6.07, 6.45) is 4.90. The van der Waals surface area contributed by atoms with E-state index in [1.807, 2.05) is 18.2 Å². The molecule has 0 saturated carbocycles. The maximum Gasteiger partial charge on any atom is 0.236 e. The minimum atomic E-state index is -0.396. The van der Waals surface area contributed by atoms with Crippen molar-refractivity contribution in [3.8, 4) is 0 Å². The smallest absolute Gasteiger partial charge is 0.236 e. The number of hydrogen-bond donors (Lipinski definition) is 2. The third-order valence-corrected chi connectivity index (χ3v) is 3.00. The molecule has 1 unspecified atom stereocenters. The van der Waals surface area contributed by atoms with Crippen molar-refractivity contribution in [2.24, 2.45) is 5.73 Å². The van der Waals surface area contributed by atoms with E-state index >= 15 is 0 Å². The summed E-state index contributed by atoms with van der Waals surface area (Å²) in [6, 6.07) is 9.73. The summed E-state index contributed by atoms with van der Waals surface area (Å²) in [5, 5.41) is 2.89. The molecule has 1 aromatic carbocycles. The van der Waals surface area contributed by atoms with Crippen LogP contribution < -0.4 is 11.1 Å². The number of nitrogens with one attached hydrogen (secondary N) is 1. The van der Waals surface area contributed by atoms with E-state index in [9.17, 15) is 4.79 Å². The second kappa shape index (κ2) is 8.70. The molecule has 0 saturated heterocycles. The molecule has 0 fully saturated rings. The number of aryl methyl sites for hydroxylation is 1. The van der Waals surface area contributed by atoms with Gasteiger partial charge in [0.05, 0.1) is 6.04 Å². The Morgan fingerprint density at radius 2 is 2.00 bits per heavy atom. The summed E-state index contributed by atoms with van der Waals surface area (Å²) in [4.78, 5) is 11.7. The Labute approximate surface area is 110 Å². The van der Waals surface area contributed by atoms with E-state index < -0.39 is 6.04 Å². The zero-order valence-electron chi connectivity index (χ0n) is 11.2.